The molecule has 0 N–H and O–H groups in total. The Hall–Kier alpha value is -3.17. The van der Waals surface area contributed by atoms with E-state index in [4.69, 9.17) is 4.74 Å². The van der Waals surface area contributed by atoms with Gasteiger partial charge in [0.15, 0.2) is 0 Å². The largest absolute Gasteiger partial charge is 0.379 e. The second-order valence-electron chi connectivity index (χ2n) is 7.37. The first-order chi connectivity index (χ1) is 14.6. The standard InChI is InChI=1S/C21H21FN6O2/c1-14-23-21-24-17-6-7-27(9-8-26-10-12-30-13-11-26)20(29)18(17)19(28(21)25-14)15-2-4-16(22)5-3-15/h2-7H,8-13H2,1H3. The van der Waals surface area contributed by atoms with Crippen LogP contribution in [-0.4, -0.2) is 61.9 Å². The maximum Gasteiger partial charge on any atom is 0.262 e. The summed E-state index contributed by atoms with van der Waals surface area (Å²) in [4.78, 5) is 24.6. The molecule has 0 saturated carbocycles. The predicted molar refractivity (Wildman–Crippen MR) is 110 cm³/mol. The maximum absolute atomic E-state index is 13.5. The molecule has 1 aromatic carbocycles. The fourth-order valence-electron chi connectivity index (χ4n) is 3.84. The first-order valence-electron chi connectivity index (χ1n) is 9.93. The molecule has 1 aliphatic heterocycles. The Kier molecular flexibility index (Phi) is 4.76. The normalized spacial score (nSPS) is 15.3. The van der Waals surface area contributed by atoms with Gasteiger partial charge in [0.05, 0.1) is 29.8 Å². The third kappa shape index (κ3) is 3.35. The van der Waals surface area contributed by atoms with Crippen LogP contribution in [0.1, 0.15) is 5.82 Å². The second kappa shape index (κ2) is 7.58. The highest BCUT2D eigenvalue weighted by Crippen LogP contribution is 2.26. The molecule has 0 amide bonds. The lowest BCUT2D eigenvalue weighted by Crippen LogP contribution is -2.39. The summed E-state index contributed by atoms with van der Waals surface area (Å²) in [5.41, 5.74) is 1.65. The molecule has 9 heteroatoms. The monoisotopic (exact) mass is 408 g/mol. The van der Waals surface area contributed by atoms with E-state index >= 15 is 0 Å². The van der Waals surface area contributed by atoms with E-state index in [0.29, 0.717) is 40.3 Å². The lowest BCUT2D eigenvalue weighted by molar-refractivity contribution is 0.0363. The Balaban J connectivity index is 1.67. The van der Waals surface area contributed by atoms with Crippen molar-refractivity contribution in [2.75, 3.05) is 32.8 Å². The highest BCUT2D eigenvalue weighted by Gasteiger charge is 2.18. The summed E-state index contributed by atoms with van der Waals surface area (Å²) in [5.74, 6) is 0.615. The van der Waals surface area contributed by atoms with Crippen LogP contribution in [0.5, 0.6) is 0 Å². The quantitative estimate of drug-likeness (QED) is 0.513. The fourth-order valence-corrected chi connectivity index (χ4v) is 3.84. The molecule has 0 atom stereocenters. The van der Waals surface area contributed by atoms with Crippen LogP contribution in [0.15, 0.2) is 41.3 Å². The summed E-state index contributed by atoms with van der Waals surface area (Å²) in [6.07, 6.45) is 1.77. The lowest BCUT2D eigenvalue weighted by atomic mass is 10.1. The highest BCUT2D eigenvalue weighted by atomic mass is 19.1. The second-order valence-corrected chi connectivity index (χ2v) is 7.37. The minimum absolute atomic E-state index is 0.150. The molecule has 30 heavy (non-hydrogen) atoms. The SMILES string of the molecule is Cc1nc2nc3ccn(CCN4CCOCC4)c(=O)c3c(-c3ccc(F)cc3)n2n1. The molecule has 154 valence electrons. The number of benzene rings is 1. The number of ether oxygens (including phenoxy) is 1. The van der Waals surface area contributed by atoms with Crippen LogP contribution in [0, 0.1) is 12.7 Å². The third-order valence-electron chi connectivity index (χ3n) is 5.39. The zero-order valence-electron chi connectivity index (χ0n) is 16.6. The van der Waals surface area contributed by atoms with Crippen molar-refractivity contribution in [3.05, 3.63) is 58.5 Å². The van der Waals surface area contributed by atoms with Gasteiger partial charge in [-0.05, 0) is 37.3 Å². The molecule has 4 aromatic rings. The first kappa shape index (κ1) is 18.8. The number of aryl methyl sites for hydroxylation is 1. The first-order valence-corrected chi connectivity index (χ1v) is 9.93. The van der Waals surface area contributed by atoms with E-state index in [1.54, 1.807) is 34.3 Å². The number of hydrogen-bond acceptors (Lipinski definition) is 6. The minimum Gasteiger partial charge on any atom is -0.379 e. The summed E-state index contributed by atoms with van der Waals surface area (Å²) >= 11 is 0. The van der Waals surface area contributed by atoms with E-state index in [2.05, 4.69) is 20.0 Å². The van der Waals surface area contributed by atoms with Gasteiger partial charge < -0.3 is 9.30 Å². The van der Waals surface area contributed by atoms with Crippen molar-refractivity contribution in [3.8, 4) is 11.3 Å². The molecule has 1 aliphatic rings. The molecular formula is C21H21FN6O2. The number of hydrogen-bond donors (Lipinski definition) is 0. The fraction of sp³-hybridized carbons (Fsp3) is 0.333. The number of halogens is 1. The molecule has 5 rings (SSSR count). The Morgan fingerprint density at radius 1 is 1.07 bits per heavy atom. The van der Waals surface area contributed by atoms with Gasteiger partial charge >= 0.3 is 0 Å². The Labute approximate surface area is 171 Å². The van der Waals surface area contributed by atoms with Crippen molar-refractivity contribution in [2.24, 2.45) is 0 Å². The third-order valence-corrected chi connectivity index (χ3v) is 5.39. The van der Waals surface area contributed by atoms with E-state index in [9.17, 15) is 9.18 Å². The summed E-state index contributed by atoms with van der Waals surface area (Å²) in [7, 11) is 0. The van der Waals surface area contributed by atoms with Crippen molar-refractivity contribution >= 4 is 16.7 Å². The molecule has 3 aromatic heterocycles. The van der Waals surface area contributed by atoms with Gasteiger partial charge in [-0.25, -0.2) is 9.37 Å². The number of nitrogens with zero attached hydrogens (tertiary/aromatic N) is 6. The molecule has 0 unspecified atom stereocenters. The van der Waals surface area contributed by atoms with E-state index in [-0.39, 0.29) is 11.4 Å². The van der Waals surface area contributed by atoms with E-state index in [1.807, 2.05) is 6.07 Å². The van der Waals surface area contributed by atoms with Gasteiger partial charge in [-0.15, -0.1) is 5.10 Å². The van der Waals surface area contributed by atoms with Crippen LogP contribution >= 0.6 is 0 Å². The minimum atomic E-state index is -0.342. The van der Waals surface area contributed by atoms with E-state index < -0.39 is 0 Å². The Bertz CT molecular complexity index is 1270. The zero-order chi connectivity index (χ0) is 20.7. The van der Waals surface area contributed by atoms with Crippen LogP contribution in [0.25, 0.3) is 27.9 Å². The molecule has 1 fully saturated rings. The number of fused-ring (bicyclic) bond motifs is 2. The number of pyridine rings is 1. The molecule has 8 nitrogen and oxygen atoms in total. The smallest absolute Gasteiger partial charge is 0.262 e. The molecule has 1 saturated heterocycles. The van der Waals surface area contributed by atoms with Crippen LogP contribution in [0.2, 0.25) is 0 Å². The number of morpholine rings is 1. The van der Waals surface area contributed by atoms with Gasteiger partial charge in [-0.2, -0.15) is 9.50 Å². The molecular weight excluding hydrogens is 387 g/mol. The van der Waals surface area contributed by atoms with Crippen LogP contribution in [0.3, 0.4) is 0 Å². The summed E-state index contributed by atoms with van der Waals surface area (Å²) in [6, 6.07) is 7.86. The summed E-state index contributed by atoms with van der Waals surface area (Å²) in [6.45, 7) is 6.26. The predicted octanol–water partition coefficient (Wildman–Crippen LogP) is 1.89. The van der Waals surface area contributed by atoms with Crippen molar-refractivity contribution in [1.29, 1.82) is 0 Å². The average Bonchev–Trinajstić information content (AvgIpc) is 3.13. The summed E-state index contributed by atoms with van der Waals surface area (Å²) in [5, 5.41) is 4.88. The van der Waals surface area contributed by atoms with Gasteiger partial charge in [0.1, 0.15) is 11.6 Å². The van der Waals surface area contributed by atoms with Gasteiger partial charge in [0.25, 0.3) is 11.3 Å². The van der Waals surface area contributed by atoms with Crippen molar-refractivity contribution in [1.82, 2.24) is 29.0 Å². The summed E-state index contributed by atoms with van der Waals surface area (Å²) < 4.78 is 22.2. The van der Waals surface area contributed by atoms with Gasteiger partial charge in [0.2, 0.25) is 0 Å². The topological polar surface area (TPSA) is 77.6 Å². The van der Waals surface area contributed by atoms with Gasteiger partial charge in [-0.1, -0.05) is 0 Å². The van der Waals surface area contributed by atoms with Crippen LogP contribution in [0.4, 0.5) is 4.39 Å². The lowest BCUT2D eigenvalue weighted by Gasteiger charge is -2.26. The van der Waals surface area contributed by atoms with Crippen molar-refractivity contribution in [3.63, 3.8) is 0 Å². The van der Waals surface area contributed by atoms with E-state index in [0.717, 1.165) is 32.8 Å². The molecule has 0 aliphatic carbocycles. The molecule has 0 bridgehead atoms. The average molecular weight is 408 g/mol. The number of rotatable bonds is 4. The highest BCUT2D eigenvalue weighted by molar-refractivity contribution is 5.93. The van der Waals surface area contributed by atoms with Crippen LogP contribution < -0.4 is 5.56 Å². The molecule has 4 heterocycles. The zero-order valence-corrected chi connectivity index (χ0v) is 16.6. The van der Waals surface area contributed by atoms with E-state index in [1.165, 1.54) is 12.1 Å². The van der Waals surface area contributed by atoms with Crippen LogP contribution in [-0.2, 0) is 11.3 Å². The Morgan fingerprint density at radius 2 is 1.83 bits per heavy atom. The molecule has 0 radical (unpaired) electrons. The number of aromatic nitrogens is 5. The maximum atomic E-state index is 13.5. The van der Waals surface area contributed by atoms with Crippen molar-refractivity contribution in [2.45, 2.75) is 13.5 Å². The molecule has 0 spiro atoms. The van der Waals surface area contributed by atoms with Gasteiger partial charge in [-0.3, -0.25) is 9.69 Å². The van der Waals surface area contributed by atoms with Crippen molar-refractivity contribution < 1.29 is 9.13 Å². The van der Waals surface area contributed by atoms with Gasteiger partial charge in [0, 0.05) is 37.9 Å². The Morgan fingerprint density at radius 3 is 2.60 bits per heavy atom.